The second kappa shape index (κ2) is 9.81. The van der Waals surface area contributed by atoms with Crippen LogP contribution in [0, 0.1) is 0 Å². The van der Waals surface area contributed by atoms with Crippen molar-refractivity contribution in [3.63, 3.8) is 0 Å². The number of hydrogen-bond acceptors (Lipinski definition) is 3. The van der Waals surface area contributed by atoms with E-state index < -0.39 is 0 Å². The van der Waals surface area contributed by atoms with Gasteiger partial charge >= 0.3 is 0 Å². The normalized spacial score (nSPS) is 10.5. The smallest absolute Gasteiger partial charge is 0.250 e. The highest BCUT2D eigenvalue weighted by Crippen LogP contribution is 2.17. The first-order valence-electron chi connectivity index (χ1n) is 7.85. The number of halogens is 1. The summed E-state index contributed by atoms with van der Waals surface area (Å²) >= 11 is 11.0. The lowest BCUT2D eigenvalue weighted by Gasteiger charge is -2.10. The van der Waals surface area contributed by atoms with Gasteiger partial charge in [-0.2, -0.15) is 0 Å². The maximum absolute atomic E-state index is 11.9. The Hall–Kier alpha value is -2.37. The van der Waals surface area contributed by atoms with Crippen LogP contribution in [0.1, 0.15) is 18.9 Å². The van der Waals surface area contributed by atoms with Crippen molar-refractivity contribution in [1.82, 2.24) is 5.32 Å². The molecule has 2 N–H and O–H groups in total. The first-order chi connectivity index (χ1) is 12.1. The number of anilines is 1. The fourth-order valence-corrected chi connectivity index (χ4v) is 2.29. The van der Waals surface area contributed by atoms with Crippen LogP contribution in [0.4, 0.5) is 5.69 Å². The van der Waals surface area contributed by atoms with E-state index in [9.17, 15) is 4.79 Å². The van der Waals surface area contributed by atoms with Gasteiger partial charge < -0.3 is 10.1 Å². The fraction of sp³-hybridized carbons (Fsp3) is 0.158. The SMILES string of the molecule is CCCOc1cccc(NC(=S)NC(=O)/C=C/c2ccc(Cl)cc2)c1. The highest BCUT2D eigenvalue weighted by atomic mass is 35.5. The van der Waals surface area contributed by atoms with Crippen LogP contribution in [-0.4, -0.2) is 17.6 Å². The third-order valence-corrected chi connectivity index (χ3v) is 3.55. The summed E-state index contributed by atoms with van der Waals surface area (Å²) in [6.45, 7) is 2.70. The minimum Gasteiger partial charge on any atom is -0.494 e. The molecule has 4 nitrogen and oxygen atoms in total. The average molecular weight is 375 g/mol. The minimum atomic E-state index is -0.314. The van der Waals surface area contributed by atoms with Gasteiger partial charge in [-0.05, 0) is 54.5 Å². The summed E-state index contributed by atoms with van der Waals surface area (Å²) in [5, 5.41) is 6.43. The van der Waals surface area contributed by atoms with Crippen LogP contribution in [0.25, 0.3) is 6.08 Å². The molecular weight excluding hydrogens is 356 g/mol. The van der Waals surface area contributed by atoms with Crippen LogP contribution >= 0.6 is 23.8 Å². The van der Waals surface area contributed by atoms with Crippen molar-refractivity contribution in [3.8, 4) is 5.75 Å². The number of carbonyl (C=O) groups is 1. The molecule has 0 aromatic heterocycles. The number of thiocarbonyl (C=S) groups is 1. The average Bonchev–Trinajstić information content (AvgIpc) is 2.59. The van der Waals surface area contributed by atoms with Gasteiger partial charge in [-0.1, -0.05) is 36.7 Å². The topological polar surface area (TPSA) is 50.4 Å². The zero-order valence-corrected chi connectivity index (χ0v) is 15.4. The van der Waals surface area contributed by atoms with Gasteiger partial charge in [-0.3, -0.25) is 10.1 Å². The van der Waals surface area contributed by atoms with Crippen LogP contribution in [0.3, 0.4) is 0 Å². The zero-order chi connectivity index (χ0) is 18.1. The summed E-state index contributed by atoms with van der Waals surface area (Å²) in [6.07, 6.45) is 4.04. The van der Waals surface area contributed by atoms with Crippen LogP contribution in [0.15, 0.2) is 54.6 Å². The van der Waals surface area contributed by atoms with E-state index in [-0.39, 0.29) is 11.0 Å². The van der Waals surface area contributed by atoms with Gasteiger partial charge in [-0.25, -0.2) is 0 Å². The molecule has 2 rings (SSSR count). The molecule has 0 aliphatic heterocycles. The number of ether oxygens (including phenoxy) is 1. The van der Waals surface area contributed by atoms with Gasteiger partial charge in [-0.15, -0.1) is 0 Å². The van der Waals surface area contributed by atoms with Gasteiger partial charge in [0.05, 0.1) is 6.61 Å². The summed E-state index contributed by atoms with van der Waals surface area (Å²) in [5.74, 6) is 0.439. The Balaban J connectivity index is 1.86. The summed E-state index contributed by atoms with van der Waals surface area (Å²) in [4.78, 5) is 11.9. The Kier molecular flexibility index (Phi) is 7.44. The molecule has 130 valence electrons. The molecule has 0 heterocycles. The third kappa shape index (κ3) is 6.95. The van der Waals surface area contributed by atoms with E-state index in [0.717, 1.165) is 23.4 Å². The zero-order valence-electron chi connectivity index (χ0n) is 13.8. The molecule has 0 saturated heterocycles. The molecule has 0 spiro atoms. The van der Waals surface area contributed by atoms with Crippen molar-refractivity contribution < 1.29 is 9.53 Å². The van der Waals surface area contributed by atoms with E-state index in [1.54, 1.807) is 18.2 Å². The van der Waals surface area contributed by atoms with Crippen LogP contribution in [-0.2, 0) is 4.79 Å². The first-order valence-corrected chi connectivity index (χ1v) is 8.64. The molecule has 25 heavy (non-hydrogen) atoms. The second-order valence-corrected chi connectivity index (χ2v) is 6.05. The molecule has 0 fully saturated rings. The first kappa shape index (κ1) is 19.0. The molecular formula is C19H19ClN2O2S. The van der Waals surface area contributed by atoms with E-state index in [0.29, 0.717) is 11.6 Å². The van der Waals surface area contributed by atoms with Crippen molar-refractivity contribution >= 4 is 46.6 Å². The number of carbonyl (C=O) groups excluding carboxylic acids is 1. The Bertz CT molecular complexity index is 760. The molecule has 1 amide bonds. The molecule has 0 unspecified atom stereocenters. The number of rotatable bonds is 6. The van der Waals surface area contributed by atoms with Gasteiger partial charge in [0.15, 0.2) is 5.11 Å². The van der Waals surface area contributed by atoms with E-state index in [1.807, 2.05) is 43.3 Å². The Morgan fingerprint density at radius 1 is 1.24 bits per heavy atom. The minimum absolute atomic E-state index is 0.221. The van der Waals surface area contributed by atoms with Crippen LogP contribution in [0.5, 0.6) is 5.75 Å². The predicted octanol–water partition coefficient (Wildman–Crippen LogP) is 4.66. The van der Waals surface area contributed by atoms with Crippen molar-refractivity contribution in [1.29, 1.82) is 0 Å². The van der Waals surface area contributed by atoms with Crippen molar-refractivity contribution in [2.75, 3.05) is 11.9 Å². The predicted molar refractivity (Wildman–Crippen MR) is 107 cm³/mol. The summed E-state index contributed by atoms with van der Waals surface area (Å²) in [5.41, 5.74) is 1.62. The lowest BCUT2D eigenvalue weighted by molar-refractivity contribution is -0.115. The summed E-state index contributed by atoms with van der Waals surface area (Å²) in [7, 11) is 0. The Morgan fingerprint density at radius 3 is 2.72 bits per heavy atom. The molecule has 0 aliphatic carbocycles. The molecule has 2 aromatic rings. The second-order valence-electron chi connectivity index (χ2n) is 5.20. The van der Waals surface area contributed by atoms with Crippen molar-refractivity contribution in [3.05, 3.63) is 65.2 Å². The third-order valence-electron chi connectivity index (χ3n) is 3.10. The van der Waals surface area contributed by atoms with E-state index in [1.165, 1.54) is 6.08 Å². The van der Waals surface area contributed by atoms with Crippen molar-refractivity contribution in [2.24, 2.45) is 0 Å². The maximum Gasteiger partial charge on any atom is 0.250 e. The summed E-state index contributed by atoms with van der Waals surface area (Å²) in [6, 6.07) is 14.6. The van der Waals surface area contributed by atoms with Gasteiger partial charge in [0.1, 0.15) is 5.75 Å². The lowest BCUT2D eigenvalue weighted by atomic mass is 10.2. The van der Waals surface area contributed by atoms with Crippen LogP contribution < -0.4 is 15.4 Å². The number of benzene rings is 2. The van der Waals surface area contributed by atoms with E-state index >= 15 is 0 Å². The monoisotopic (exact) mass is 374 g/mol. The highest BCUT2D eigenvalue weighted by Gasteiger charge is 2.03. The van der Waals surface area contributed by atoms with Crippen molar-refractivity contribution in [2.45, 2.75) is 13.3 Å². The Labute approximate surface area is 157 Å². The van der Waals surface area contributed by atoms with Gasteiger partial charge in [0.25, 0.3) is 0 Å². The molecule has 0 aliphatic rings. The molecule has 6 heteroatoms. The number of amides is 1. The lowest BCUT2D eigenvalue weighted by Crippen LogP contribution is -2.32. The van der Waals surface area contributed by atoms with Gasteiger partial charge in [0, 0.05) is 22.9 Å². The standard InChI is InChI=1S/C19H19ClN2O2S/c1-2-12-24-17-5-3-4-16(13-17)21-19(25)22-18(23)11-8-14-6-9-15(20)10-7-14/h3-11,13H,2,12H2,1H3,(H2,21,22,23,25)/b11-8+. The maximum atomic E-state index is 11.9. The molecule has 0 bridgehead atoms. The summed E-state index contributed by atoms with van der Waals surface area (Å²) < 4.78 is 5.56. The van der Waals surface area contributed by atoms with E-state index in [4.69, 9.17) is 28.6 Å². The number of hydrogen-bond donors (Lipinski definition) is 2. The quantitative estimate of drug-likeness (QED) is 0.570. The largest absolute Gasteiger partial charge is 0.494 e. The molecule has 2 aromatic carbocycles. The molecule has 0 radical (unpaired) electrons. The fourth-order valence-electron chi connectivity index (χ4n) is 1.95. The highest BCUT2D eigenvalue weighted by molar-refractivity contribution is 7.80. The molecule has 0 atom stereocenters. The van der Waals surface area contributed by atoms with E-state index in [2.05, 4.69) is 10.6 Å². The Morgan fingerprint density at radius 2 is 2.00 bits per heavy atom. The number of nitrogens with one attached hydrogen (secondary N) is 2. The van der Waals surface area contributed by atoms with Gasteiger partial charge in [0.2, 0.25) is 5.91 Å². The van der Waals surface area contributed by atoms with Crippen LogP contribution in [0.2, 0.25) is 5.02 Å². The molecule has 0 saturated carbocycles.